The van der Waals surface area contributed by atoms with Crippen molar-refractivity contribution in [2.45, 2.75) is 33.2 Å². The van der Waals surface area contributed by atoms with Crippen LogP contribution in [0.25, 0.3) is 0 Å². The third-order valence-electron chi connectivity index (χ3n) is 2.20. The first-order valence-electron chi connectivity index (χ1n) is 5.88. The molecule has 0 saturated carbocycles. The maximum atomic E-state index is 11.8. The number of carbonyl (C=O) groups excluding carboxylic acids is 2. The van der Waals surface area contributed by atoms with Crippen LogP contribution in [0.1, 0.15) is 27.7 Å². The van der Waals surface area contributed by atoms with Crippen LogP contribution in [-0.4, -0.2) is 49.4 Å². The fourth-order valence-electron chi connectivity index (χ4n) is 1.52. The molecule has 0 aromatic carbocycles. The minimum atomic E-state index is -0.266. The maximum absolute atomic E-state index is 11.8. The minimum Gasteiger partial charge on any atom is -0.350 e. The van der Waals surface area contributed by atoms with Crippen LogP contribution in [0.15, 0.2) is 0 Å². The first-order chi connectivity index (χ1) is 7.67. The third kappa shape index (κ3) is 8.31. The second-order valence-electron chi connectivity index (χ2n) is 5.45. The summed E-state index contributed by atoms with van der Waals surface area (Å²) in [6.45, 7) is 8.30. The Labute approximate surface area is 116 Å². The zero-order chi connectivity index (χ0) is 13.6. The van der Waals surface area contributed by atoms with Crippen molar-refractivity contribution in [1.82, 2.24) is 15.5 Å². The predicted molar refractivity (Wildman–Crippen MR) is 75.9 cm³/mol. The van der Waals surface area contributed by atoms with Crippen LogP contribution in [0.2, 0.25) is 0 Å². The summed E-state index contributed by atoms with van der Waals surface area (Å²) in [5.74, 6) is -0.277. The zero-order valence-electron chi connectivity index (χ0n) is 12.2. The van der Waals surface area contributed by atoms with Crippen molar-refractivity contribution >= 4 is 24.2 Å². The monoisotopic (exact) mass is 279 g/mol. The molecule has 0 rings (SSSR count). The lowest BCUT2D eigenvalue weighted by molar-refractivity contribution is -0.137. The Morgan fingerprint density at radius 2 is 1.78 bits per heavy atom. The van der Waals surface area contributed by atoms with Gasteiger partial charge in [-0.3, -0.25) is 9.59 Å². The number of nitrogens with zero attached hydrogens (tertiary/aromatic N) is 1. The smallest absolute Gasteiger partial charge is 0.240 e. The number of nitrogens with one attached hydrogen (secondary N) is 2. The lowest BCUT2D eigenvalue weighted by atomic mass is 10.1. The van der Waals surface area contributed by atoms with Gasteiger partial charge >= 0.3 is 0 Å². The van der Waals surface area contributed by atoms with Gasteiger partial charge in [-0.05, 0) is 27.8 Å². The van der Waals surface area contributed by atoms with E-state index in [0.29, 0.717) is 6.54 Å². The molecule has 6 heteroatoms. The number of rotatable bonds is 5. The van der Waals surface area contributed by atoms with Crippen molar-refractivity contribution in [3.05, 3.63) is 0 Å². The van der Waals surface area contributed by atoms with E-state index in [2.05, 4.69) is 10.6 Å². The summed E-state index contributed by atoms with van der Waals surface area (Å²) in [7, 11) is 3.45. The average Bonchev–Trinajstić information content (AvgIpc) is 2.13. The molecule has 0 fully saturated rings. The highest BCUT2D eigenvalue weighted by atomic mass is 35.5. The molecule has 0 heterocycles. The summed E-state index contributed by atoms with van der Waals surface area (Å²) < 4.78 is 0. The molecule has 18 heavy (non-hydrogen) atoms. The van der Waals surface area contributed by atoms with E-state index in [0.717, 1.165) is 0 Å². The molecule has 0 radical (unpaired) electrons. The van der Waals surface area contributed by atoms with E-state index in [9.17, 15) is 9.59 Å². The number of halogens is 1. The molecule has 0 aliphatic heterocycles. The first-order valence-corrected chi connectivity index (χ1v) is 5.88. The van der Waals surface area contributed by atoms with Gasteiger partial charge in [-0.25, -0.2) is 0 Å². The Morgan fingerprint density at radius 3 is 2.17 bits per heavy atom. The van der Waals surface area contributed by atoms with Crippen molar-refractivity contribution in [2.24, 2.45) is 5.92 Å². The molecule has 0 saturated heterocycles. The third-order valence-corrected chi connectivity index (χ3v) is 2.20. The Balaban J connectivity index is 0. The Hall–Kier alpha value is -0.810. The molecular weight excluding hydrogens is 254 g/mol. The number of hydrogen-bond donors (Lipinski definition) is 2. The lowest BCUT2D eigenvalue weighted by Gasteiger charge is -2.25. The standard InChI is InChI=1S/C12H25N3O2.ClH/c1-9(7-13-5)11(17)15(6)8-10(16)14-12(2,3)4;/h9,13H,7-8H2,1-6H3,(H,14,16);1H. The highest BCUT2D eigenvalue weighted by molar-refractivity contribution is 5.86. The van der Waals surface area contributed by atoms with Gasteiger partial charge in [0, 0.05) is 25.0 Å². The van der Waals surface area contributed by atoms with Gasteiger partial charge in [-0.2, -0.15) is 0 Å². The van der Waals surface area contributed by atoms with E-state index < -0.39 is 0 Å². The van der Waals surface area contributed by atoms with E-state index >= 15 is 0 Å². The summed E-state index contributed by atoms with van der Waals surface area (Å²) >= 11 is 0. The van der Waals surface area contributed by atoms with Gasteiger partial charge in [0.2, 0.25) is 11.8 Å². The van der Waals surface area contributed by atoms with Crippen molar-refractivity contribution in [2.75, 3.05) is 27.2 Å². The normalized spacial score (nSPS) is 12.3. The molecule has 1 unspecified atom stereocenters. The molecule has 108 valence electrons. The SMILES string of the molecule is CNCC(C)C(=O)N(C)CC(=O)NC(C)(C)C.Cl. The largest absolute Gasteiger partial charge is 0.350 e. The lowest BCUT2D eigenvalue weighted by Crippen LogP contribution is -2.47. The van der Waals surface area contributed by atoms with Crippen LogP contribution in [-0.2, 0) is 9.59 Å². The maximum Gasteiger partial charge on any atom is 0.240 e. The number of carbonyl (C=O) groups is 2. The highest BCUT2D eigenvalue weighted by Gasteiger charge is 2.20. The van der Waals surface area contributed by atoms with Crippen molar-refractivity contribution in [1.29, 1.82) is 0 Å². The summed E-state index contributed by atoms with van der Waals surface area (Å²) in [4.78, 5) is 24.9. The first kappa shape index (κ1) is 19.5. The average molecular weight is 280 g/mol. The zero-order valence-corrected chi connectivity index (χ0v) is 13.0. The number of hydrogen-bond acceptors (Lipinski definition) is 3. The van der Waals surface area contributed by atoms with Crippen LogP contribution in [0.5, 0.6) is 0 Å². The molecule has 2 N–H and O–H groups in total. The number of likely N-dealkylation sites (N-methyl/N-ethyl adjacent to an activating group) is 1. The highest BCUT2D eigenvalue weighted by Crippen LogP contribution is 2.01. The molecule has 2 amide bonds. The molecule has 5 nitrogen and oxygen atoms in total. The summed E-state index contributed by atoms with van der Waals surface area (Å²) in [6, 6.07) is 0. The molecule has 0 aromatic rings. The molecule has 0 bridgehead atoms. The van der Waals surface area contributed by atoms with Gasteiger partial charge in [0.1, 0.15) is 0 Å². The van der Waals surface area contributed by atoms with Crippen molar-refractivity contribution in [3.8, 4) is 0 Å². The molecule has 0 spiro atoms. The molecule has 1 atom stereocenters. The van der Waals surface area contributed by atoms with E-state index in [1.54, 1.807) is 14.1 Å². The van der Waals surface area contributed by atoms with Crippen LogP contribution in [0.3, 0.4) is 0 Å². The van der Waals surface area contributed by atoms with Crippen LogP contribution in [0.4, 0.5) is 0 Å². The quantitative estimate of drug-likeness (QED) is 0.776. The Morgan fingerprint density at radius 1 is 1.28 bits per heavy atom. The predicted octanol–water partition coefficient (Wildman–Crippen LogP) is 0.637. The summed E-state index contributed by atoms with van der Waals surface area (Å²) in [5.41, 5.74) is -0.266. The fourth-order valence-corrected chi connectivity index (χ4v) is 1.52. The van der Waals surface area contributed by atoms with Gasteiger partial charge in [0.25, 0.3) is 0 Å². The van der Waals surface area contributed by atoms with E-state index in [4.69, 9.17) is 0 Å². The molecule has 0 aliphatic rings. The molecular formula is C12H26ClN3O2. The summed E-state index contributed by atoms with van der Waals surface area (Å²) in [6.07, 6.45) is 0. The molecule has 0 aliphatic carbocycles. The van der Waals surface area contributed by atoms with Gasteiger partial charge < -0.3 is 15.5 Å². The van der Waals surface area contributed by atoms with Crippen LogP contribution < -0.4 is 10.6 Å². The fraction of sp³-hybridized carbons (Fsp3) is 0.833. The van der Waals surface area contributed by atoms with Gasteiger partial charge in [0.15, 0.2) is 0 Å². The van der Waals surface area contributed by atoms with Gasteiger partial charge in [-0.15, -0.1) is 12.4 Å². The second kappa shape index (κ2) is 8.32. The summed E-state index contributed by atoms with van der Waals surface area (Å²) in [5, 5.41) is 5.77. The topological polar surface area (TPSA) is 61.4 Å². The van der Waals surface area contributed by atoms with E-state index in [-0.39, 0.29) is 42.2 Å². The van der Waals surface area contributed by atoms with Crippen LogP contribution in [0, 0.1) is 5.92 Å². The van der Waals surface area contributed by atoms with Crippen LogP contribution >= 0.6 is 12.4 Å². The Kier molecular flexibility index (Phi) is 9.03. The van der Waals surface area contributed by atoms with Gasteiger partial charge in [0.05, 0.1) is 6.54 Å². The number of amides is 2. The van der Waals surface area contributed by atoms with E-state index in [1.165, 1.54) is 4.90 Å². The van der Waals surface area contributed by atoms with Crippen molar-refractivity contribution in [3.63, 3.8) is 0 Å². The van der Waals surface area contributed by atoms with Gasteiger partial charge in [-0.1, -0.05) is 6.92 Å². The van der Waals surface area contributed by atoms with E-state index in [1.807, 2.05) is 27.7 Å². The molecule has 0 aromatic heterocycles. The second-order valence-corrected chi connectivity index (χ2v) is 5.45. The Bertz CT molecular complexity index is 277. The minimum absolute atomic E-state index is 0. The van der Waals surface area contributed by atoms with Crippen molar-refractivity contribution < 1.29 is 9.59 Å².